The van der Waals surface area contributed by atoms with E-state index >= 15 is 0 Å². The molecule has 0 atom stereocenters. The molecule has 1 saturated heterocycles. The topological polar surface area (TPSA) is 70.1 Å². The van der Waals surface area contributed by atoms with Crippen molar-refractivity contribution in [3.63, 3.8) is 0 Å². The first-order valence-corrected chi connectivity index (χ1v) is 10.2. The van der Waals surface area contributed by atoms with Crippen molar-refractivity contribution in [2.45, 2.75) is 19.3 Å². The number of ether oxygens (including phenoxy) is 1. The fourth-order valence-electron chi connectivity index (χ4n) is 3.50. The van der Waals surface area contributed by atoms with E-state index in [1.807, 2.05) is 12.1 Å². The van der Waals surface area contributed by atoms with Crippen LogP contribution in [0.3, 0.4) is 0 Å². The molecule has 0 unspecified atom stereocenters. The van der Waals surface area contributed by atoms with Crippen molar-refractivity contribution in [2.24, 2.45) is 0 Å². The Morgan fingerprint density at radius 3 is 2.33 bits per heavy atom. The molecule has 0 saturated carbocycles. The molecular weight excluding hydrogens is 387 g/mol. The number of rotatable bonds is 10. The normalized spacial score (nSPS) is 14.5. The Balaban J connectivity index is 1.34. The quantitative estimate of drug-likeness (QED) is 0.474. The number of benzene rings is 2. The maximum Gasteiger partial charge on any atom is 0.303 e. The summed E-state index contributed by atoms with van der Waals surface area (Å²) >= 11 is 0. The van der Waals surface area contributed by atoms with Gasteiger partial charge in [-0.3, -0.25) is 14.5 Å². The van der Waals surface area contributed by atoms with E-state index in [-0.39, 0.29) is 24.4 Å². The van der Waals surface area contributed by atoms with Gasteiger partial charge >= 0.3 is 5.97 Å². The van der Waals surface area contributed by atoms with Crippen molar-refractivity contribution in [1.82, 2.24) is 4.90 Å². The number of Topliss-reactive ketones (excluding diaryl/α,β-unsaturated/α-hetero) is 1. The molecule has 160 valence electrons. The van der Waals surface area contributed by atoms with Crippen molar-refractivity contribution in [2.75, 3.05) is 44.2 Å². The lowest BCUT2D eigenvalue weighted by Gasteiger charge is -2.36. The lowest BCUT2D eigenvalue weighted by atomic mass is 10.1. The number of carbonyl (C=O) groups is 2. The maximum absolute atomic E-state index is 13.9. The number of carboxylic acid groups (broad SMARTS) is 1. The number of nitrogens with zero attached hydrogens (tertiary/aromatic N) is 2. The second-order valence-corrected chi connectivity index (χ2v) is 7.32. The highest BCUT2D eigenvalue weighted by Crippen LogP contribution is 2.20. The second kappa shape index (κ2) is 10.7. The fourth-order valence-corrected chi connectivity index (χ4v) is 3.50. The SMILES string of the molecule is O=C(O)CCC(=O)c1ccc(OCCCN2CCN(c3ccccc3F)CC2)cc1. The summed E-state index contributed by atoms with van der Waals surface area (Å²) in [7, 11) is 0. The molecule has 1 aliphatic rings. The molecule has 7 heteroatoms. The minimum absolute atomic E-state index is 0.000284. The highest BCUT2D eigenvalue weighted by molar-refractivity contribution is 5.97. The molecule has 0 aliphatic carbocycles. The van der Waals surface area contributed by atoms with Gasteiger partial charge in [0.15, 0.2) is 5.78 Å². The van der Waals surface area contributed by atoms with Gasteiger partial charge < -0.3 is 14.7 Å². The molecule has 2 aromatic carbocycles. The Morgan fingerprint density at radius 1 is 0.967 bits per heavy atom. The van der Waals surface area contributed by atoms with Crippen LogP contribution in [-0.4, -0.2) is 61.1 Å². The number of para-hydroxylation sites is 1. The van der Waals surface area contributed by atoms with E-state index in [9.17, 15) is 14.0 Å². The molecule has 6 nitrogen and oxygen atoms in total. The molecule has 1 heterocycles. The Kier molecular flexibility index (Phi) is 7.79. The minimum atomic E-state index is -0.975. The number of hydrogen-bond donors (Lipinski definition) is 1. The van der Waals surface area contributed by atoms with Crippen molar-refractivity contribution >= 4 is 17.4 Å². The van der Waals surface area contributed by atoms with Gasteiger partial charge in [0.2, 0.25) is 0 Å². The average Bonchev–Trinajstić information content (AvgIpc) is 2.76. The van der Waals surface area contributed by atoms with E-state index in [1.54, 1.807) is 30.3 Å². The van der Waals surface area contributed by atoms with Gasteiger partial charge in [-0.15, -0.1) is 0 Å². The molecule has 0 bridgehead atoms. The highest BCUT2D eigenvalue weighted by atomic mass is 19.1. The largest absolute Gasteiger partial charge is 0.494 e. The average molecular weight is 414 g/mol. The van der Waals surface area contributed by atoms with Crippen molar-refractivity contribution in [3.8, 4) is 5.75 Å². The zero-order valence-corrected chi connectivity index (χ0v) is 16.9. The van der Waals surface area contributed by atoms with Crippen LogP contribution < -0.4 is 9.64 Å². The Bertz CT molecular complexity index is 849. The number of hydrogen-bond acceptors (Lipinski definition) is 5. The lowest BCUT2D eigenvalue weighted by molar-refractivity contribution is -0.136. The summed E-state index contributed by atoms with van der Waals surface area (Å²) in [5, 5.41) is 8.65. The first-order chi connectivity index (χ1) is 14.5. The number of piperazine rings is 1. The van der Waals surface area contributed by atoms with E-state index < -0.39 is 5.97 Å². The molecule has 0 amide bonds. The van der Waals surface area contributed by atoms with Crippen LogP contribution in [0, 0.1) is 5.82 Å². The van der Waals surface area contributed by atoms with Gasteiger partial charge in [0.25, 0.3) is 0 Å². The molecule has 2 aromatic rings. The fraction of sp³-hybridized carbons (Fsp3) is 0.391. The molecule has 0 aromatic heterocycles. The van der Waals surface area contributed by atoms with Crippen LogP contribution in [0.1, 0.15) is 29.6 Å². The van der Waals surface area contributed by atoms with E-state index in [2.05, 4.69) is 9.80 Å². The smallest absolute Gasteiger partial charge is 0.303 e. The summed E-state index contributed by atoms with van der Waals surface area (Å²) in [6.07, 6.45) is 0.713. The number of carboxylic acids is 1. The monoisotopic (exact) mass is 414 g/mol. The van der Waals surface area contributed by atoms with E-state index in [4.69, 9.17) is 9.84 Å². The first kappa shape index (κ1) is 21.8. The van der Waals surface area contributed by atoms with Crippen LogP contribution in [0.5, 0.6) is 5.75 Å². The number of anilines is 1. The number of carbonyl (C=O) groups excluding carboxylic acids is 1. The van der Waals surface area contributed by atoms with Gasteiger partial charge in [0, 0.05) is 44.7 Å². The first-order valence-electron chi connectivity index (χ1n) is 10.2. The maximum atomic E-state index is 13.9. The van der Waals surface area contributed by atoms with Gasteiger partial charge in [-0.05, 0) is 42.8 Å². The van der Waals surface area contributed by atoms with Crippen LogP contribution in [-0.2, 0) is 4.79 Å². The molecule has 0 radical (unpaired) electrons. The Morgan fingerprint density at radius 2 is 1.67 bits per heavy atom. The van der Waals surface area contributed by atoms with Crippen molar-refractivity contribution < 1.29 is 23.8 Å². The van der Waals surface area contributed by atoms with Gasteiger partial charge in [-0.25, -0.2) is 4.39 Å². The highest BCUT2D eigenvalue weighted by Gasteiger charge is 2.18. The third kappa shape index (κ3) is 6.29. The summed E-state index contributed by atoms with van der Waals surface area (Å²) in [4.78, 5) is 26.9. The molecule has 1 N–H and O–H groups in total. The van der Waals surface area contributed by atoms with Crippen LogP contribution in [0.15, 0.2) is 48.5 Å². The molecule has 1 fully saturated rings. The summed E-state index contributed by atoms with van der Waals surface area (Å²) < 4.78 is 19.7. The zero-order chi connectivity index (χ0) is 21.3. The lowest BCUT2D eigenvalue weighted by Crippen LogP contribution is -2.47. The molecule has 3 rings (SSSR count). The zero-order valence-electron chi connectivity index (χ0n) is 16.9. The van der Waals surface area contributed by atoms with Crippen molar-refractivity contribution in [1.29, 1.82) is 0 Å². The standard InChI is InChI=1S/C23H27FN2O4/c24-20-4-1-2-5-21(20)26-15-13-25(14-16-26)12-3-17-30-19-8-6-18(7-9-19)22(27)10-11-23(28)29/h1-2,4-9H,3,10-17H2,(H,28,29). The minimum Gasteiger partial charge on any atom is -0.494 e. The van der Waals surface area contributed by atoms with Gasteiger partial charge in [0.05, 0.1) is 18.7 Å². The van der Waals surface area contributed by atoms with E-state index in [1.165, 1.54) is 6.07 Å². The van der Waals surface area contributed by atoms with Crippen molar-refractivity contribution in [3.05, 3.63) is 59.9 Å². The second-order valence-electron chi connectivity index (χ2n) is 7.32. The van der Waals surface area contributed by atoms with Gasteiger partial charge in [-0.1, -0.05) is 12.1 Å². The Labute approximate surface area is 175 Å². The number of halogens is 1. The van der Waals surface area contributed by atoms with E-state index in [0.717, 1.165) is 39.1 Å². The summed E-state index contributed by atoms with van der Waals surface area (Å²) in [6, 6.07) is 13.7. The predicted molar refractivity (Wildman–Crippen MR) is 113 cm³/mol. The predicted octanol–water partition coefficient (Wildman–Crippen LogP) is 3.46. The summed E-state index contributed by atoms with van der Waals surface area (Å²) in [6.45, 7) is 4.87. The molecule has 30 heavy (non-hydrogen) atoms. The Hall–Kier alpha value is -2.93. The van der Waals surface area contributed by atoms with Crippen LogP contribution in [0.2, 0.25) is 0 Å². The van der Waals surface area contributed by atoms with Crippen LogP contribution >= 0.6 is 0 Å². The molecular formula is C23H27FN2O4. The summed E-state index contributed by atoms with van der Waals surface area (Å²) in [5.41, 5.74) is 1.17. The van der Waals surface area contributed by atoms with Crippen LogP contribution in [0.25, 0.3) is 0 Å². The summed E-state index contributed by atoms with van der Waals surface area (Å²) in [5.74, 6) is -0.640. The van der Waals surface area contributed by atoms with E-state index in [0.29, 0.717) is 23.6 Å². The molecule has 1 aliphatic heterocycles. The van der Waals surface area contributed by atoms with Crippen LogP contribution in [0.4, 0.5) is 10.1 Å². The van der Waals surface area contributed by atoms with Gasteiger partial charge in [-0.2, -0.15) is 0 Å². The third-order valence-electron chi connectivity index (χ3n) is 5.20. The number of ketones is 1. The molecule has 0 spiro atoms. The third-order valence-corrected chi connectivity index (χ3v) is 5.20. The number of aliphatic carboxylic acids is 1. The van der Waals surface area contributed by atoms with Gasteiger partial charge in [0.1, 0.15) is 11.6 Å².